The average molecular weight is 221 g/mol. The number of H-pyrrole nitrogens is 1. The molecule has 0 amide bonds. The Morgan fingerprint density at radius 1 is 1.38 bits per heavy atom. The minimum Gasteiger partial charge on any atom is -0.297 e. The molecule has 3 N–H and O–H groups in total. The van der Waals surface area contributed by atoms with Crippen LogP contribution in [0.3, 0.4) is 0 Å². The van der Waals surface area contributed by atoms with Crippen molar-refractivity contribution in [3.05, 3.63) is 41.8 Å². The number of aromatic amines is 1. The molecule has 5 heteroatoms. The van der Waals surface area contributed by atoms with Gasteiger partial charge in [0.2, 0.25) is 0 Å². The summed E-state index contributed by atoms with van der Waals surface area (Å²) in [5.74, 6) is 4.86. The van der Waals surface area contributed by atoms with Gasteiger partial charge >= 0.3 is 0 Å². The van der Waals surface area contributed by atoms with Crippen LogP contribution in [-0.4, -0.2) is 10.2 Å². The number of nitrogens with zero attached hydrogens (tertiary/aromatic N) is 1. The van der Waals surface area contributed by atoms with Crippen molar-refractivity contribution in [1.82, 2.24) is 10.2 Å². The number of rotatable bonds is 3. The summed E-state index contributed by atoms with van der Waals surface area (Å²) in [6.45, 7) is 1.82. The van der Waals surface area contributed by atoms with Gasteiger partial charge in [-0.25, -0.2) is 10.3 Å². The van der Waals surface area contributed by atoms with Crippen molar-refractivity contribution in [3.8, 4) is 11.3 Å². The van der Waals surface area contributed by atoms with Gasteiger partial charge in [-0.1, -0.05) is 0 Å². The topological polar surface area (TPSA) is 63.9 Å². The van der Waals surface area contributed by atoms with Crippen molar-refractivity contribution in [3.63, 3.8) is 0 Å². The van der Waals surface area contributed by atoms with Gasteiger partial charge in [-0.15, -0.1) is 0 Å². The zero-order valence-electron chi connectivity index (χ0n) is 8.77. The average Bonchev–Trinajstić information content (AvgIpc) is 2.78. The second-order valence-corrected chi connectivity index (χ2v) is 3.49. The van der Waals surface area contributed by atoms with E-state index >= 15 is 0 Å². The second-order valence-electron chi connectivity index (χ2n) is 3.49. The summed E-state index contributed by atoms with van der Waals surface area (Å²) < 4.78 is 12.8. The van der Waals surface area contributed by atoms with Crippen molar-refractivity contribution in [2.45, 2.75) is 13.0 Å². The van der Waals surface area contributed by atoms with E-state index in [1.165, 1.54) is 12.1 Å². The SMILES string of the molecule is CC(ON)c1cn[nH]c1-c1ccc(F)cc1. The van der Waals surface area contributed by atoms with E-state index in [4.69, 9.17) is 10.7 Å². The van der Waals surface area contributed by atoms with Crippen LogP contribution in [0.1, 0.15) is 18.6 Å². The summed E-state index contributed by atoms with van der Waals surface area (Å²) in [5.41, 5.74) is 2.48. The second kappa shape index (κ2) is 4.42. The maximum Gasteiger partial charge on any atom is 0.123 e. The van der Waals surface area contributed by atoms with Gasteiger partial charge in [0.25, 0.3) is 0 Å². The Morgan fingerprint density at radius 3 is 2.69 bits per heavy atom. The summed E-state index contributed by atoms with van der Waals surface area (Å²) in [6.07, 6.45) is 1.38. The first-order valence-electron chi connectivity index (χ1n) is 4.87. The highest BCUT2D eigenvalue weighted by molar-refractivity contribution is 5.62. The Balaban J connectivity index is 2.40. The quantitative estimate of drug-likeness (QED) is 0.781. The lowest BCUT2D eigenvalue weighted by Crippen LogP contribution is -2.05. The fourth-order valence-electron chi connectivity index (χ4n) is 1.52. The molecule has 2 rings (SSSR count). The van der Waals surface area contributed by atoms with E-state index in [0.717, 1.165) is 16.8 Å². The lowest BCUT2D eigenvalue weighted by Gasteiger charge is -2.08. The Hall–Kier alpha value is -1.72. The smallest absolute Gasteiger partial charge is 0.123 e. The van der Waals surface area contributed by atoms with Crippen LogP contribution in [0.2, 0.25) is 0 Å². The van der Waals surface area contributed by atoms with E-state index in [1.807, 2.05) is 6.92 Å². The molecule has 1 atom stereocenters. The molecule has 0 fully saturated rings. The highest BCUT2D eigenvalue weighted by Crippen LogP contribution is 2.26. The van der Waals surface area contributed by atoms with Crippen LogP contribution in [0.15, 0.2) is 30.5 Å². The molecule has 0 aliphatic heterocycles. The standard InChI is InChI=1S/C11H12FN3O/c1-7(16-13)10-6-14-15-11(10)8-2-4-9(12)5-3-8/h2-7H,13H2,1H3,(H,14,15). The van der Waals surface area contributed by atoms with E-state index < -0.39 is 0 Å². The van der Waals surface area contributed by atoms with E-state index in [2.05, 4.69) is 10.2 Å². The molecule has 0 aliphatic rings. The van der Waals surface area contributed by atoms with Crippen LogP contribution in [0.5, 0.6) is 0 Å². The van der Waals surface area contributed by atoms with Crippen molar-refractivity contribution < 1.29 is 9.23 Å². The molecule has 0 saturated carbocycles. The number of nitrogens with two attached hydrogens (primary N) is 1. The van der Waals surface area contributed by atoms with E-state index in [0.29, 0.717) is 0 Å². The highest BCUT2D eigenvalue weighted by atomic mass is 19.1. The molecule has 1 aromatic heterocycles. The molecular formula is C11H12FN3O. The molecule has 0 bridgehead atoms. The monoisotopic (exact) mass is 221 g/mol. The number of nitrogens with one attached hydrogen (secondary N) is 1. The molecule has 0 aliphatic carbocycles. The fourth-order valence-corrected chi connectivity index (χ4v) is 1.52. The molecule has 0 saturated heterocycles. The molecule has 2 aromatic rings. The molecule has 0 spiro atoms. The summed E-state index contributed by atoms with van der Waals surface area (Å²) in [4.78, 5) is 4.75. The highest BCUT2D eigenvalue weighted by Gasteiger charge is 2.13. The van der Waals surface area contributed by atoms with Gasteiger partial charge in [0.1, 0.15) is 11.9 Å². The van der Waals surface area contributed by atoms with Crippen molar-refractivity contribution in [2.24, 2.45) is 5.90 Å². The van der Waals surface area contributed by atoms with Crippen LogP contribution in [0.25, 0.3) is 11.3 Å². The van der Waals surface area contributed by atoms with Crippen LogP contribution in [-0.2, 0) is 4.84 Å². The van der Waals surface area contributed by atoms with Gasteiger partial charge in [0.05, 0.1) is 11.9 Å². The van der Waals surface area contributed by atoms with Crippen LogP contribution in [0, 0.1) is 5.82 Å². The Labute approximate surface area is 92.2 Å². The number of halogens is 1. The van der Waals surface area contributed by atoms with Crippen molar-refractivity contribution >= 4 is 0 Å². The normalized spacial score (nSPS) is 12.7. The fraction of sp³-hybridized carbons (Fsp3) is 0.182. The van der Waals surface area contributed by atoms with Gasteiger partial charge in [-0.3, -0.25) is 9.94 Å². The van der Waals surface area contributed by atoms with Gasteiger partial charge in [-0.2, -0.15) is 5.10 Å². The molecule has 84 valence electrons. The van der Waals surface area contributed by atoms with Crippen molar-refractivity contribution in [1.29, 1.82) is 0 Å². The number of hydrogen-bond donors (Lipinski definition) is 2. The molecular weight excluding hydrogens is 209 g/mol. The largest absolute Gasteiger partial charge is 0.297 e. The maximum atomic E-state index is 12.8. The van der Waals surface area contributed by atoms with E-state index in [1.54, 1.807) is 18.3 Å². The summed E-state index contributed by atoms with van der Waals surface area (Å²) in [7, 11) is 0. The first-order valence-corrected chi connectivity index (χ1v) is 4.87. The van der Waals surface area contributed by atoms with Gasteiger partial charge < -0.3 is 0 Å². The first kappa shape index (κ1) is 10.8. The summed E-state index contributed by atoms with van der Waals surface area (Å²) >= 11 is 0. The van der Waals surface area contributed by atoms with E-state index in [-0.39, 0.29) is 11.9 Å². The third-order valence-electron chi connectivity index (χ3n) is 2.44. The molecule has 16 heavy (non-hydrogen) atoms. The summed E-state index contributed by atoms with van der Waals surface area (Å²) in [6, 6.07) is 6.15. The van der Waals surface area contributed by atoms with Crippen LogP contribution < -0.4 is 5.90 Å². The Morgan fingerprint density at radius 2 is 2.06 bits per heavy atom. The minimum absolute atomic E-state index is 0.265. The number of aromatic nitrogens is 2. The third-order valence-corrected chi connectivity index (χ3v) is 2.44. The van der Waals surface area contributed by atoms with Gasteiger partial charge in [0.15, 0.2) is 0 Å². The minimum atomic E-state index is -0.270. The number of hydrogen-bond acceptors (Lipinski definition) is 3. The predicted molar refractivity (Wildman–Crippen MR) is 57.7 cm³/mol. The molecule has 1 unspecified atom stereocenters. The molecule has 4 nitrogen and oxygen atoms in total. The lowest BCUT2D eigenvalue weighted by atomic mass is 10.1. The maximum absolute atomic E-state index is 12.8. The predicted octanol–water partition coefficient (Wildman–Crippen LogP) is 2.17. The first-order chi connectivity index (χ1) is 7.72. The zero-order valence-corrected chi connectivity index (χ0v) is 8.77. The summed E-state index contributed by atoms with van der Waals surface area (Å²) in [5, 5.41) is 6.78. The lowest BCUT2D eigenvalue weighted by molar-refractivity contribution is 0.0668. The number of benzene rings is 1. The van der Waals surface area contributed by atoms with Gasteiger partial charge in [0, 0.05) is 11.1 Å². The van der Waals surface area contributed by atoms with E-state index in [9.17, 15) is 4.39 Å². The Bertz CT molecular complexity index is 466. The van der Waals surface area contributed by atoms with Crippen LogP contribution >= 0.6 is 0 Å². The Kier molecular flexibility index (Phi) is 2.98. The zero-order chi connectivity index (χ0) is 11.5. The van der Waals surface area contributed by atoms with Crippen LogP contribution in [0.4, 0.5) is 4.39 Å². The van der Waals surface area contributed by atoms with Gasteiger partial charge in [-0.05, 0) is 31.2 Å². The molecule has 0 radical (unpaired) electrons. The van der Waals surface area contributed by atoms with Crippen molar-refractivity contribution in [2.75, 3.05) is 0 Å². The third kappa shape index (κ3) is 1.95. The molecule has 1 heterocycles. The molecule has 1 aromatic carbocycles.